The molecule has 0 saturated carbocycles. The second-order valence-corrected chi connectivity index (χ2v) is 5.46. The topological polar surface area (TPSA) is 77.0 Å². The van der Waals surface area contributed by atoms with Crippen LogP contribution in [0, 0.1) is 5.92 Å². The Bertz CT molecular complexity index is 672. The fourth-order valence-electron chi connectivity index (χ4n) is 2.47. The molecule has 0 saturated heterocycles. The summed E-state index contributed by atoms with van der Waals surface area (Å²) in [4.78, 5) is 27.6. The summed E-state index contributed by atoms with van der Waals surface area (Å²) in [5.74, 6) is -0.958. The average molecular weight is 334 g/mol. The molecule has 2 unspecified atom stereocenters. The maximum atomic E-state index is 12.3. The van der Waals surface area contributed by atoms with Crippen molar-refractivity contribution in [1.82, 2.24) is 5.32 Å². The minimum Gasteiger partial charge on any atom is -0.465 e. The third-order valence-electron chi connectivity index (χ3n) is 3.36. The van der Waals surface area contributed by atoms with Gasteiger partial charge in [-0.2, -0.15) is 0 Å². The van der Waals surface area contributed by atoms with Crippen LogP contribution in [0.3, 0.4) is 0 Å². The number of esters is 2. The van der Waals surface area contributed by atoms with Gasteiger partial charge in [0.1, 0.15) is 11.7 Å². The van der Waals surface area contributed by atoms with Gasteiger partial charge in [0.2, 0.25) is 0 Å². The van der Waals surface area contributed by atoms with E-state index in [0.717, 1.165) is 5.56 Å². The summed E-state index contributed by atoms with van der Waals surface area (Å²) in [6.07, 6.45) is 0. The van der Waals surface area contributed by atoms with E-state index in [-0.39, 0.29) is 12.6 Å². The number of aliphatic imine (C=N–C) groups is 1. The lowest BCUT2D eigenvalue weighted by Crippen LogP contribution is -2.44. The molecule has 23 heavy (non-hydrogen) atoms. The molecule has 122 valence electrons. The molecule has 1 aromatic carbocycles. The first kappa shape index (κ1) is 17.1. The van der Waals surface area contributed by atoms with Crippen LogP contribution >= 0.6 is 12.2 Å². The van der Waals surface area contributed by atoms with E-state index >= 15 is 0 Å². The van der Waals surface area contributed by atoms with E-state index in [1.54, 1.807) is 32.0 Å². The quantitative estimate of drug-likeness (QED) is 0.517. The van der Waals surface area contributed by atoms with Gasteiger partial charge in [0.25, 0.3) is 0 Å². The van der Waals surface area contributed by atoms with Gasteiger partial charge >= 0.3 is 11.9 Å². The second kappa shape index (κ2) is 7.32. The summed E-state index contributed by atoms with van der Waals surface area (Å²) in [6, 6.07) is 6.54. The SMILES string of the molecule is CCOC(=O)C1C(C)=NC(=S)NC1c1cccc(OC(C)=O)c1. The van der Waals surface area contributed by atoms with Crippen molar-refractivity contribution in [2.75, 3.05) is 6.61 Å². The highest BCUT2D eigenvalue weighted by Gasteiger charge is 2.37. The van der Waals surface area contributed by atoms with E-state index in [1.165, 1.54) is 6.92 Å². The Morgan fingerprint density at radius 3 is 2.78 bits per heavy atom. The van der Waals surface area contributed by atoms with Crippen molar-refractivity contribution in [3.63, 3.8) is 0 Å². The largest absolute Gasteiger partial charge is 0.465 e. The van der Waals surface area contributed by atoms with Gasteiger partial charge in [-0.15, -0.1) is 0 Å². The lowest BCUT2D eigenvalue weighted by atomic mass is 9.88. The zero-order chi connectivity index (χ0) is 17.0. The number of carbonyl (C=O) groups excluding carboxylic acids is 2. The molecule has 0 fully saturated rings. The van der Waals surface area contributed by atoms with E-state index in [2.05, 4.69) is 10.3 Å². The first-order valence-electron chi connectivity index (χ1n) is 7.23. The number of ether oxygens (including phenoxy) is 2. The lowest BCUT2D eigenvalue weighted by molar-refractivity contribution is -0.146. The molecule has 6 nitrogen and oxygen atoms in total. The van der Waals surface area contributed by atoms with Crippen LogP contribution in [0.2, 0.25) is 0 Å². The summed E-state index contributed by atoms with van der Waals surface area (Å²) < 4.78 is 10.2. The molecule has 0 radical (unpaired) electrons. The fraction of sp³-hybridized carbons (Fsp3) is 0.375. The van der Waals surface area contributed by atoms with Crippen molar-refractivity contribution in [1.29, 1.82) is 0 Å². The fourth-order valence-corrected chi connectivity index (χ4v) is 2.74. The van der Waals surface area contributed by atoms with Crippen molar-refractivity contribution >= 4 is 35.0 Å². The lowest BCUT2D eigenvalue weighted by Gasteiger charge is -2.31. The number of benzene rings is 1. The number of nitrogens with zero attached hydrogens (tertiary/aromatic N) is 1. The molecule has 1 N–H and O–H groups in total. The first-order valence-corrected chi connectivity index (χ1v) is 7.64. The predicted molar refractivity (Wildman–Crippen MR) is 89.5 cm³/mol. The molecule has 0 spiro atoms. The maximum absolute atomic E-state index is 12.3. The number of carbonyl (C=O) groups is 2. The van der Waals surface area contributed by atoms with E-state index < -0.39 is 17.9 Å². The van der Waals surface area contributed by atoms with Gasteiger partial charge in [0.05, 0.1) is 12.6 Å². The van der Waals surface area contributed by atoms with E-state index in [0.29, 0.717) is 16.6 Å². The summed E-state index contributed by atoms with van der Waals surface area (Å²) in [6.45, 7) is 5.12. The van der Waals surface area contributed by atoms with Crippen LogP contribution in [-0.2, 0) is 14.3 Å². The Hall–Kier alpha value is -2.28. The van der Waals surface area contributed by atoms with Gasteiger partial charge < -0.3 is 14.8 Å². The van der Waals surface area contributed by atoms with Crippen LogP contribution in [-0.4, -0.2) is 29.4 Å². The van der Waals surface area contributed by atoms with Crippen molar-refractivity contribution in [2.45, 2.75) is 26.8 Å². The molecule has 1 aliphatic heterocycles. The van der Waals surface area contributed by atoms with Crippen LogP contribution in [0.4, 0.5) is 0 Å². The Morgan fingerprint density at radius 1 is 1.39 bits per heavy atom. The van der Waals surface area contributed by atoms with Crippen LogP contribution in [0.1, 0.15) is 32.4 Å². The molecule has 0 bridgehead atoms. The standard InChI is InChI=1S/C16H18N2O4S/c1-4-21-15(20)13-9(2)17-16(23)18-14(13)11-6-5-7-12(8-11)22-10(3)19/h5-8,13-14H,4H2,1-3H3,(H,18,23). The molecule has 1 heterocycles. The maximum Gasteiger partial charge on any atom is 0.317 e. The molecular formula is C16H18N2O4S. The van der Waals surface area contributed by atoms with Gasteiger partial charge in [0.15, 0.2) is 5.11 Å². The van der Waals surface area contributed by atoms with Crippen LogP contribution < -0.4 is 10.1 Å². The molecule has 1 aromatic rings. The summed E-state index contributed by atoms with van der Waals surface area (Å²) in [5, 5.41) is 3.35. The number of thiocarbonyl (C=S) groups is 1. The van der Waals surface area contributed by atoms with Crippen molar-refractivity contribution in [2.24, 2.45) is 10.9 Å². The molecular weight excluding hydrogens is 316 g/mol. The third-order valence-corrected chi connectivity index (χ3v) is 3.57. The van der Waals surface area contributed by atoms with Crippen molar-refractivity contribution < 1.29 is 19.1 Å². The number of hydrogen-bond acceptors (Lipinski definition) is 5. The minimum absolute atomic E-state index is 0.285. The van der Waals surface area contributed by atoms with Crippen LogP contribution in [0.5, 0.6) is 5.75 Å². The number of nitrogens with one attached hydrogen (secondary N) is 1. The molecule has 2 rings (SSSR count). The summed E-state index contributed by atoms with van der Waals surface area (Å²) in [7, 11) is 0. The highest BCUT2D eigenvalue weighted by molar-refractivity contribution is 7.80. The molecule has 7 heteroatoms. The highest BCUT2D eigenvalue weighted by atomic mass is 32.1. The van der Waals surface area contributed by atoms with E-state index in [4.69, 9.17) is 21.7 Å². The average Bonchev–Trinajstić information content (AvgIpc) is 2.46. The Labute approximate surface area is 139 Å². The highest BCUT2D eigenvalue weighted by Crippen LogP contribution is 2.30. The summed E-state index contributed by atoms with van der Waals surface area (Å²) >= 11 is 5.13. The molecule has 0 aliphatic carbocycles. The van der Waals surface area contributed by atoms with E-state index in [1.807, 2.05) is 6.07 Å². The summed E-state index contributed by atoms with van der Waals surface area (Å²) in [5.41, 5.74) is 1.36. The van der Waals surface area contributed by atoms with Crippen molar-refractivity contribution in [3.05, 3.63) is 29.8 Å². The smallest absolute Gasteiger partial charge is 0.317 e. The zero-order valence-corrected chi connectivity index (χ0v) is 14.0. The van der Waals surface area contributed by atoms with Gasteiger partial charge in [-0.3, -0.25) is 9.59 Å². The third kappa shape index (κ3) is 4.13. The first-order chi connectivity index (χ1) is 10.9. The molecule has 1 aliphatic rings. The normalized spacial score (nSPS) is 20.3. The molecule has 2 atom stereocenters. The van der Waals surface area contributed by atoms with Crippen LogP contribution in [0.15, 0.2) is 29.3 Å². The number of hydrogen-bond donors (Lipinski definition) is 1. The van der Waals surface area contributed by atoms with Gasteiger partial charge in [-0.25, -0.2) is 4.99 Å². The monoisotopic (exact) mass is 334 g/mol. The Kier molecular flexibility index (Phi) is 5.44. The van der Waals surface area contributed by atoms with Crippen molar-refractivity contribution in [3.8, 4) is 5.75 Å². The molecule has 0 amide bonds. The second-order valence-electron chi connectivity index (χ2n) is 5.08. The van der Waals surface area contributed by atoms with E-state index in [9.17, 15) is 9.59 Å². The molecule has 0 aromatic heterocycles. The van der Waals surface area contributed by atoms with Gasteiger partial charge in [-0.05, 0) is 43.8 Å². The number of rotatable bonds is 4. The van der Waals surface area contributed by atoms with Gasteiger partial charge in [0, 0.05) is 12.6 Å². The minimum atomic E-state index is -0.589. The predicted octanol–water partition coefficient (Wildman–Crippen LogP) is 2.18. The Morgan fingerprint density at radius 2 is 2.13 bits per heavy atom. The van der Waals surface area contributed by atoms with Crippen LogP contribution in [0.25, 0.3) is 0 Å². The van der Waals surface area contributed by atoms with Gasteiger partial charge in [-0.1, -0.05) is 12.1 Å². The zero-order valence-electron chi connectivity index (χ0n) is 13.2. The Balaban J connectivity index is 2.38.